The third kappa shape index (κ3) is 2.35. The van der Waals surface area contributed by atoms with Crippen LogP contribution in [0.5, 0.6) is 5.75 Å². The maximum absolute atomic E-state index is 12.7. The number of Topliss-reactive ketones (excluding diaryl/α,β-unsaturated/α-hetero) is 1. The van der Waals surface area contributed by atoms with Gasteiger partial charge in [-0.1, -0.05) is 12.1 Å². The van der Waals surface area contributed by atoms with Crippen LogP contribution < -0.4 is 10.5 Å². The average molecular weight is 323 g/mol. The van der Waals surface area contributed by atoms with E-state index in [2.05, 4.69) is 6.07 Å². The SMILES string of the molecule is COc1ccc([C@@H]2C(C#N)=C(N)N(C)C3=C2C(=O)CCC3)cc1C. The van der Waals surface area contributed by atoms with E-state index in [0.717, 1.165) is 41.0 Å². The van der Waals surface area contributed by atoms with Crippen molar-refractivity contribution >= 4 is 5.78 Å². The number of benzene rings is 1. The lowest BCUT2D eigenvalue weighted by atomic mass is 9.75. The topological polar surface area (TPSA) is 79.3 Å². The first-order valence-electron chi connectivity index (χ1n) is 8.03. The summed E-state index contributed by atoms with van der Waals surface area (Å²) < 4.78 is 5.32. The van der Waals surface area contributed by atoms with Crippen LogP contribution in [-0.2, 0) is 4.79 Å². The van der Waals surface area contributed by atoms with E-state index in [-0.39, 0.29) is 5.78 Å². The number of nitrogens with zero attached hydrogens (tertiary/aromatic N) is 2. The van der Waals surface area contributed by atoms with E-state index >= 15 is 0 Å². The second kappa shape index (κ2) is 6.04. The Morgan fingerprint density at radius 3 is 2.75 bits per heavy atom. The van der Waals surface area contributed by atoms with E-state index < -0.39 is 5.92 Å². The second-order valence-electron chi connectivity index (χ2n) is 6.27. The predicted octanol–water partition coefficient (Wildman–Crippen LogP) is 2.73. The number of aryl methyl sites for hydroxylation is 1. The Morgan fingerprint density at radius 2 is 2.12 bits per heavy atom. The quantitative estimate of drug-likeness (QED) is 0.905. The van der Waals surface area contributed by atoms with Gasteiger partial charge in [0, 0.05) is 24.7 Å². The number of carbonyl (C=O) groups excluding carboxylic acids is 1. The average Bonchev–Trinajstić information content (AvgIpc) is 2.58. The number of nitriles is 1. The largest absolute Gasteiger partial charge is 0.496 e. The number of ketones is 1. The Bertz CT molecular complexity index is 814. The van der Waals surface area contributed by atoms with Gasteiger partial charge in [-0.25, -0.2) is 0 Å². The van der Waals surface area contributed by atoms with Crippen molar-refractivity contribution in [2.24, 2.45) is 5.73 Å². The van der Waals surface area contributed by atoms with Crippen molar-refractivity contribution in [1.82, 2.24) is 4.90 Å². The van der Waals surface area contributed by atoms with Gasteiger partial charge in [-0.3, -0.25) is 4.79 Å². The van der Waals surface area contributed by atoms with Crippen molar-refractivity contribution in [2.45, 2.75) is 32.1 Å². The molecule has 0 unspecified atom stereocenters. The van der Waals surface area contributed by atoms with Gasteiger partial charge < -0.3 is 15.4 Å². The van der Waals surface area contributed by atoms with E-state index in [9.17, 15) is 10.1 Å². The lowest BCUT2D eigenvalue weighted by Gasteiger charge is -2.37. The summed E-state index contributed by atoms with van der Waals surface area (Å²) in [6.07, 6.45) is 2.16. The lowest BCUT2D eigenvalue weighted by Crippen LogP contribution is -2.36. The van der Waals surface area contributed by atoms with Crippen molar-refractivity contribution in [2.75, 3.05) is 14.2 Å². The first-order valence-corrected chi connectivity index (χ1v) is 8.03. The second-order valence-corrected chi connectivity index (χ2v) is 6.27. The van der Waals surface area contributed by atoms with Crippen LogP contribution in [0.15, 0.2) is 40.9 Å². The molecule has 2 aliphatic rings. The van der Waals surface area contributed by atoms with Crippen LogP contribution in [0.3, 0.4) is 0 Å². The fraction of sp³-hybridized carbons (Fsp3) is 0.368. The summed E-state index contributed by atoms with van der Waals surface area (Å²) in [6.45, 7) is 1.95. The molecule has 1 aliphatic heterocycles. The minimum absolute atomic E-state index is 0.113. The predicted molar refractivity (Wildman–Crippen MR) is 90.9 cm³/mol. The molecule has 0 saturated heterocycles. The van der Waals surface area contributed by atoms with Gasteiger partial charge in [0.05, 0.1) is 24.7 Å². The van der Waals surface area contributed by atoms with Crippen molar-refractivity contribution < 1.29 is 9.53 Å². The van der Waals surface area contributed by atoms with Gasteiger partial charge in [0.15, 0.2) is 5.78 Å². The maximum atomic E-state index is 12.7. The van der Waals surface area contributed by atoms with Crippen molar-refractivity contribution in [1.29, 1.82) is 5.26 Å². The third-order valence-electron chi connectivity index (χ3n) is 4.92. The van der Waals surface area contributed by atoms with Crippen LogP contribution >= 0.6 is 0 Å². The number of ether oxygens (including phenoxy) is 1. The minimum Gasteiger partial charge on any atom is -0.496 e. The van der Waals surface area contributed by atoms with Crippen LogP contribution in [-0.4, -0.2) is 24.8 Å². The van der Waals surface area contributed by atoms with Gasteiger partial charge in [-0.15, -0.1) is 0 Å². The highest BCUT2D eigenvalue weighted by Crippen LogP contribution is 2.44. The fourth-order valence-corrected chi connectivity index (χ4v) is 3.68. The monoisotopic (exact) mass is 323 g/mol. The molecule has 3 rings (SSSR count). The molecule has 1 aliphatic carbocycles. The molecular formula is C19H21N3O2. The van der Waals surface area contributed by atoms with Crippen LogP contribution in [0, 0.1) is 18.3 Å². The Morgan fingerprint density at radius 1 is 1.38 bits per heavy atom. The Labute approximate surface area is 142 Å². The molecule has 124 valence electrons. The number of carbonyl (C=O) groups is 1. The first kappa shape index (κ1) is 16.1. The number of rotatable bonds is 2. The summed E-state index contributed by atoms with van der Waals surface area (Å²) in [5.41, 5.74) is 10.2. The molecule has 1 heterocycles. The molecule has 1 aromatic rings. The minimum atomic E-state index is -0.390. The zero-order valence-corrected chi connectivity index (χ0v) is 14.2. The summed E-state index contributed by atoms with van der Waals surface area (Å²) in [7, 11) is 3.46. The number of methoxy groups -OCH3 is 1. The summed E-state index contributed by atoms with van der Waals surface area (Å²) in [4.78, 5) is 14.5. The number of hydrogen-bond acceptors (Lipinski definition) is 5. The highest BCUT2D eigenvalue weighted by molar-refractivity contribution is 5.99. The van der Waals surface area contributed by atoms with Gasteiger partial charge in [0.25, 0.3) is 0 Å². The van der Waals surface area contributed by atoms with Gasteiger partial charge in [0.2, 0.25) is 0 Å². The summed E-state index contributed by atoms with van der Waals surface area (Å²) >= 11 is 0. The van der Waals surface area contributed by atoms with E-state index in [1.54, 1.807) is 12.0 Å². The molecule has 0 fully saturated rings. The smallest absolute Gasteiger partial charge is 0.161 e. The molecule has 0 radical (unpaired) electrons. The van der Waals surface area contributed by atoms with Crippen molar-refractivity contribution in [3.63, 3.8) is 0 Å². The van der Waals surface area contributed by atoms with Gasteiger partial charge >= 0.3 is 0 Å². The third-order valence-corrected chi connectivity index (χ3v) is 4.92. The highest BCUT2D eigenvalue weighted by atomic mass is 16.5. The van der Waals surface area contributed by atoms with E-state index in [1.807, 2.05) is 32.2 Å². The van der Waals surface area contributed by atoms with E-state index in [4.69, 9.17) is 10.5 Å². The Kier molecular flexibility index (Phi) is 4.06. The standard InChI is InChI=1S/C19H21N3O2/c1-11-9-12(7-8-16(11)24-3)17-13(10-20)19(21)22(2)14-5-4-6-15(23)18(14)17/h7-9,17H,4-6,21H2,1-3H3/t17-/m1/s1. The normalized spacial score (nSPS) is 20.8. The molecule has 5 nitrogen and oxygen atoms in total. The molecular weight excluding hydrogens is 302 g/mol. The highest BCUT2D eigenvalue weighted by Gasteiger charge is 2.38. The fourth-order valence-electron chi connectivity index (χ4n) is 3.68. The zero-order chi connectivity index (χ0) is 17.4. The van der Waals surface area contributed by atoms with E-state index in [1.165, 1.54) is 0 Å². The Hall–Kier alpha value is -2.74. The molecule has 24 heavy (non-hydrogen) atoms. The lowest BCUT2D eigenvalue weighted by molar-refractivity contribution is -0.116. The van der Waals surface area contributed by atoms with Crippen LogP contribution in [0.1, 0.15) is 36.3 Å². The van der Waals surface area contributed by atoms with Crippen molar-refractivity contribution in [3.8, 4) is 11.8 Å². The van der Waals surface area contributed by atoms with Crippen LogP contribution in [0.25, 0.3) is 0 Å². The van der Waals surface area contributed by atoms with Gasteiger partial charge in [-0.05, 0) is 37.0 Å². The molecule has 0 bridgehead atoms. The summed E-state index contributed by atoms with van der Waals surface area (Å²) in [5.74, 6) is 0.941. The summed E-state index contributed by atoms with van der Waals surface area (Å²) in [6, 6.07) is 8.00. The molecule has 0 saturated carbocycles. The zero-order valence-electron chi connectivity index (χ0n) is 14.2. The van der Waals surface area contributed by atoms with Crippen molar-refractivity contribution in [3.05, 3.63) is 52.0 Å². The summed E-state index contributed by atoms with van der Waals surface area (Å²) in [5, 5.41) is 9.68. The van der Waals surface area contributed by atoms with Gasteiger partial charge in [0.1, 0.15) is 11.6 Å². The molecule has 1 atom stereocenters. The molecule has 0 aromatic heterocycles. The molecule has 5 heteroatoms. The molecule has 0 amide bonds. The van der Waals surface area contributed by atoms with Crippen LogP contribution in [0.2, 0.25) is 0 Å². The number of nitrogens with two attached hydrogens (primary N) is 1. The molecule has 1 aromatic carbocycles. The van der Waals surface area contributed by atoms with Gasteiger partial charge in [-0.2, -0.15) is 5.26 Å². The van der Waals surface area contributed by atoms with Crippen LogP contribution in [0.4, 0.5) is 0 Å². The Balaban J connectivity index is 2.21. The molecule has 0 spiro atoms. The number of allylic oxidation sites excluding steroid dienone is 3. The van der Waals surface area contributed by atoms with E-state index in [0.29, 0.717) is 17.8 Å². The maximum Gasteiger partial charge on any atom is 0.161 e. The molecule has 2 N–H and O–H groups in total. The first-order chi connectivity index (χ1) is 11.5. The number of hydrogen-bond donors (Lipinski definition) is 1.